The minimum atomic E-state index is -0.923. The molecule has 1 aromatic carbocycles. The number of amides is 1. The van der Waals surface area contributed by atoms with Gasteiger partial charge in [-0.2, -0.15) is 0 Å². The van der Waals surface area contributed by atoms with Crippen LogP contribution in [0.1, 0.15) is 38.8 Å². The normalized spacial score (nSPS) is 18.4. The smallest absolute Gasteiger partial charge is 0.408 e. The maximum absolute atomic E-state index is 11.6. The fourth-order valence-corrected chi connectivity index (χ4v) is 2.55. The molecule has 0 bridgehead atoms. The van der Waals surface area contributed by atoms with Crippen molar-refractivity contribution in [3.63, 3.8) is 0 Å². The highest BCUT2D eigenvalue weighted by Crippen LogP contribution is 2.40. The van der Waals surface area contributed by atoms with Gasteiger partial charge in [0.2, 0.25) is 0 Å². The van der Waals surface area contributed by atoms with Crippen molar-refractivity contribution in [3.05, 3.63) is 23.8 Å². The van der Waals surface area contributed by atoms with Crippen molar-refractivity contribution in [1.82, 2.24) is 4.90 Å². The number of benzene rings is 1. The highest BCUT2D eigenvalue weighted by molar-refractivity contribution is 5.67. The summed E-state index contributed by atoms with van der Waals surface area (Å²) in [6.07, 6.45) is -0.284. The van der Waals surface area contributed by atoms with E-state index in [4.69, 9.17) is 10.5 Å². The number of carbonyl (C=O) groups is 1. The molecule has 5 nitrogen and oxygen atoms in total. The Morgan fingerprint density at radius 3 is 2.74 bits per heavy atom. The third-order valence-corrected chi connectivity index (χ3v) is 3.28. The zero-order chi connectivity index (χ0) is 14.2. The Morgan fingerprint density at radius 1 is 1.47 bits per heavy atom. The molecule has 1 aliphatic rings. The fourth-order valence-electron chi connectivity index (χ4n) is 2.55. The topological polar surface area (TPSA) is 75.8 Å². The van der Waals surface area contributed by atoms with E-state index in [9.17, 15) is 9.90 Å². The van der Waals surface area contributed by atoms with E-state index in [0.29, 0.717) is 18.7 Å². The van der Waals surface area contributed by atoms with E-state index in [0.717, 1.165) is 11.3 Å². The Hall–Kier alpha value is -1.91. The van der Waals surface area contributed by atoms with Crippen LogP contribution in [0.3, 0.4) is 0 Å². The van der Waals surface area contributed by atoms with Crippen LogP contribution in [-0.2, 0) is 0 Å². The molecule has 0 radical (unpaired) electrons. The first-order chi connectivity index (χ1) is 8.80. The molecule has 1 heterocycles. The number of carboxylic acid groups (broad SMARTS) is 1. The van der Waals surface area contributed by atoms with Crippen molar-refractivity contribution in [2.45, 2.75) is 38.8 Å². The van der Waals surface area contributed by atoms with Gasteiger partial charge >= 0.3 is 6.09 Å². The number of ether oxygens (including phenoxy) is 1. The summed E-state index contributed by atoms with van der Waals surface area (Å²) in [5.41, 5.74) is 6.80. The van der Waals surface area contributed by atoms with E-state index in [1.54, 1.807) is 18.2 Å². The molecule has 1 aliphatic heterocycles. The van der Waals surface area contributed by atoms with Crippen molar-refractivity contribution >= 4 is 11.8 Å². The summed E-state index contributed by atoms with van der Waals surface area (Å²) in [5, 5.41) is 9.51. The first-order valence-corrected chi connectivity index (χ1v) is 6.35. The van der Waals surface area contributed by atoms with Gasteiger partial charge in [-0.25, -0.2) is 4.79 Å². The van der Waals surface area contributed by atoms with Crippen molar-refractivity contribution in [1.29, 1.82) is 0 Å². The predicted molar refractivity (Wildman–Crippen MR) is 73.3 cm³/mol. The second-order valence-corrected chi connectivity index (χ2v) is 5.77. The Kier molecular flexibility index (Phi) is 3.30. The number of fused-ring (bicyclic) bond motifs is 1. The van der Waals surface area contributed by atoms with Crippen LogP contribution in [0.4, 0.5) is 10.5 Å². The summed E-state index contributed by atoms with van der Waals surface area (Å²) in [5.74, 6) is 0.723. The molecule has 104 valence electrons. The van der Waals surface area contributed by atoms with Gasteiger partial charge in [-0.3, -0.25) is 4.90 Å². The van der Waals surface area contributed by atoms with Crippen molar-refractivity contribution in [3.8, 4) is 5.75 Å². The molecule has 0 fully saturated rings. The van der Waals surface area contributed by atoms with Crippen LogP contribution in [-0.4, -0.2) is 28.2 Å². The zero-order valence-electron chi connectivity index (χ0n) is 11.5. The maximum Gasteiger partial charge on any atom is 0.408 e. The van der Waals surface area contributed by atoms with Crippen LogP contribution in [0.15, 0.2) is 18.2 Å². The molecule has 0 aromatic heterocycles. The summed E-state index contributed by atoms with van der Waals surface area (Å²) < 4.78 is 5.58. The van der Waals surface area contributed by atoms with Crippen molar-refractivity contribution in [2.24, 2.45) is 0 Å². The standard InChI is InChI=1S/C14H20N2O3/c1-14(2,3)16(13(17)18)11-6-7-19-12-5-4-9(15)8-10(11)12/h4-5,8,11H,6-7,15H2,1-3H3,(H,17,18). The zero-order valence-corrected chi connectivity index (χ0v) is 11.5. The van der Waals surface area contributed by atoms with Crippen LogP contribution < -0.4 is 10.5 Å². The molecule has 19 heavy (non-hydrogen) atoms. The predicted octanol–water partition coefficient (Wildman–Crippen LogP) is 2.87. The van der Waals surface area contributed by atoms with Crippen LogP contribution >= 0.6 is 0 Å². The van der Waals surface area contributed by atoms with E-state index in [1.807, 2.05) is 20.8 Å². The van der Waals surface area contributed by atoms with Crippen LogP contribution in [0, 0.1) is 0 Å². The molecule has 1 amide bonds. The Labute approximate surface area is 113 Å². The molecule has 1 unspecified atom stereocenters. The fraction of sp³-hybridized carbons (Fsp3) is 0.500. The molecular formula is C14H20N2O3. The molecule has 3 N–H and O–H groups in total. The largest absolute Gasteiger partial charge is 0.493 e. The van der Waals surface area contributed by atoms with Gasteiger partial charge in [0.15, 0.2) is 0 Å². The molecule has 0 spiro atoms. The average molecular weight is 264 g/mol. The average Bonchev–Trinajstić information content (AvgIpc) is 2.27. The number of anilines is 1. The molecule has 1 atom stereocenters. The van der Waals surface area contributed by atoms with Gasteiger partial charge in [-0.1, -0.05) is 0 Å². The van der Waals surface area contributed by atoms with Crippen LogP contribution in [0.25, 0.3) is 0 Å². The third kappa shape index (κ3) is 2.59. The van der Waals surface area contributed by atoms with Gasteiger partial charge in [-0.15, -0.1) is 0 Å². The van der Waals surface area contributed by atoms with Crippen LogP contribution in [0.2, 0.25) is 0 Å². The molecule has 0 aliphatic carbocycles. The molecule has 1 aromatic rings. The molecular weight excluding hydrogens is 244 g/mol. The van der Waals surface area contributed by atoms with Gasteiger partial charge in [-0.05, 0) is 39.0 Å². The van der Waals surface area contributed by atoms with Gasteiger partial charge in [0, 0.05) is 23.2 Å². The van der Waals surface area contributed by atoms with E-state index in [-0.39, 0.29) is 6.04 Å². The monoisotopic (exact) mass is 264 g/mol. The van der Waals surface area contributed by atoms with Gasteiger partial charge < -0.3 is 15.6 Å². The molecule has 0 saturated heterocycles. The molecule has 2 rings (SSSR count). The minimum absolute atomic E-state index is 0.218. The number of nitrogens with zero attached hydrogens (tertiary/aromatic N) is 1. The summed E-state index contributed by atoms with van der Waals surface area (Å²) in [4.78, 5) is 13.1. The third-order valence-electron chi connectivity index (χ3n) is 3.28. The maximum atomic E-state index is 11.6. The SMILES string of the molecule is CC(C)(C)N(C(=O)O)C1CCOc2ccc(N)cc21. The first kappa shape index (κ1) is 13.5. The number of hydrogen-bond acceptors (Lipinski definition) is 3. The van der Waals surface area contributed by atoms with Gasteiger partial charge in [0.1, 0.15) is 5.75 Å². The van der Waals surface area contributed by atoms with Crippen LogP contribution in [0.5, 0.6) is 5.75 Å². The van der Waals surface area contributed by atoms with Crippen molar-refractivity contribution < 1.29 is 14.6 Å². The number of nitrogen functional groups attached to an aromatic ring is 1. The lowest BCUT2D eigenvalue weighted by molar-refractivity contribution is 0.0539. The van der Waals surface area contributed by atoms with Crippen molar-refractivity contribution in [2.75, 3.05) is 12.3 Å². The van der Waals surface area contributed by atoms with Gasteiger partial charge in [0.05, 0.1) is 12.6 Å². The highest BCUT2D eigenvalue weighted by Gasteiger charge is 2.37. The van der Waals surface area contributed by atoms with E-state index < -0.39 is 11.6 Å². The summed E-state index contributed by atoms with van der Waals surface area (Å²) in [6, 6.07) is 5.16. The summed E-state index contributed by atoms with van der Waals surface area (Å²) in [6.45, 7) is 6.19. The lowest BCUT2D eigenvalue weighted by Crippen LogP contribution is -2.48. The molecule has 0 saturated carbocycles. The Balaban J connectivity index is 2.47. The van der Waals surface area contributed by atoms with E-state index >= 15 is 0 Å². The van der Waals surface area contributed by atoms with E-state index in [1.165, 1.54) is 4.90 Å². The number of nitrogens with two attached hydrogens (primary N) is 1. The van der Waals surface area contributed by atoms with Gasteiger partial charge in [0.25, 0.3) is 0 Å². The lowest BCUT2D eigenvalue weighted by Gasteiger charge is -2.42. The summed E-state index contributed by atoms with van der Waals surface area (Å²) in [7, 11) is 0. The minimum Gasteiger partial charge on any atom is -0.493 e. The Bertz CT molecular complexity index is 494. The lowest BCUT2D eigenvalue weighted by atomic mass is 9.94. The Morgan fingerprint density at radius 2 is 2.16 bits per heavy atom. The number of hydrogen-bond donors (Lipinski definition) is 2. The number of rotatable bonds is 1. The second kappa shape index (κ2) is 4.64. The second-order valence-electron chi connectivity index (χ2n) is 5.77. The highest BCUT2D eigenvalue weighted by atomic mass is 16.5. The van der Waals surface area contributed by atoms with E-state index in [2.05, 4.69) is 0 Å². The first-order valence-electron chi connectivity index (χ1n) is 6.35. The summed E-state index contributed by atoms with van der Waals surface area (Å²) >= 11 is 0. The quantitative estimate of drug-likeness (QED) is 0.765. The molecule has 5 heteroatoms.